The highest BCUT2D eigenvalue weighted by Gasteiger charge is 2.17. The van der Waals surface area contributed by atoms with Crippen molar-refractivity contribution < 1.29 is 9.53 Å². The smallest absolute Gasteiger partial charge is 0.259 e. The molecule has 2 aromatic rings. The van der Waals surface area contributed by atoms with Crippen LogP contribution >= 0.6 is 54.5 Å². The van der Waals surface area contributed by atoms with E-state index in [1.54, 1.807) is 13.2 Å². The van der Waals surface area contributed by atoms with Gasteiger partial charge in [-0.25, -0.2) is 0 Å². The quantitative estimate of drug-likeness (QED) is 0.512. The van der Waals surface area contributed by atoms with Crippen LogP contribution in [-0.2, 0) is 6.42 Å². The third-order valence-electron chi connectivity index (χ3n) is 3.15. The molecule has 2 rings (SSSR count). The molecular weight excluding hydrogens is 525 g/mol. The Morgan fingerprint density at radius 2 is 2.00 bits per heavy atom. The molecule has 2 aromatic carbocycles. The van der Waals surface area contributed by atoms with Gasteiger partial charge in [0, 0.05) is 13.7 Å². The van der Waals surface area contributed by atoms with Crippen LogP contribution < -0.4 is 10.1 Å². The molecule has 0 atom stereocenters. The lowest BCUT2D eigenvalue weighted by Gasteiger charge is -2.14. The predicted molar refractivity (Wildman–Crippen MR) is 105 cm³/mol. The average Bonchev–Trinajstić information content (AvgIpc) is 2.48. The van der Waals surface area contributed by atoms with E-state index in [0.717, 1.165) is 30.2 Å². The summed E-state index contributed by atoms with van der Waals surface area (Å²) in [6, 6.07) is 9.57. The van der Waals surface area contributed by atoms with Crippen molar-refractivity contribution in [3.05, 3.63) is 54.0 Å². The zero-order valence-electron chi connectivity index (χ0n) is 12.0. The van der Waals surface area contributed by atoms with E-state index in [1.807, 2.05) is 18.2 Å². The molecule has 6 heteroatoms. The molecule has 0 saturated carbocycles. The van der Waals surface area contributed by atoms with Crippen LogP contribution in [0.5, 0.6) is 5.75 Å². The zero-order chi connectivity index (χ0) is 16.3. The van der Waals surface area contributed by atoms with Gasteiger partial charge in [0.1, 0.15) is 5.75 Å². The number of carbonyl (C=O) groups is 1. The van der Waals surface area contributed by atoms with Crippen molar-refractivity contribution >= 4 is 66.0 Å². The lowest BCUT2D eigenvalue weighted by atomic mass is 10.1. The number of nitrogens with one attached hydrogen (secondary N) is 1. The van der Waals surface area contributed by atoms with E-state index in [1.165, 1.54) is 0 Å². The van der Waals surface area contributed by atoms with Crippen molar-refractivity contribution in [2.45, 2.75) is 13.3 Å². The van der Waals surface area contributed by atoms with Crippen LogP contribution in [0.1, 0.15) is 22.8 Å². The van der Waals surface area contributed by atoms with Gasteiger partial charge in [0.15, 0.2) is 0 Å². The lowest BCUT2D eigenvalue weighted by molar-refractivity contribution is 0.102. The highest BCUT2D eigenvalue weighted by atomic mass is 127. The SMILES string of the molecule is CCc1cc(I)ccc1NC(=O)c1cc(Br)cc(Br)c1OC. The molecule has 0 aromatic heterocycles. The number of aryl methyl sites for hydroxylation is 1. The Balaban J connectivity index is 2.38. The maximum Gasteiger partial charge on any atom is 0.259 e. The van der Waals surface area contributed by atoms with Crippen molar-refractivity contribution in [2.24, 2.45) is 0 Å². The molecule has 1 N–H and O–H groups in total. The summed E-state index contributed by atoms with van der Waals surface area (Å²) in [7, 11) is 1.55. The molecule has 0 spiro atoms. The molecule has 3 nitrogen and oxygen atoms in total. The van der Waals surface area contributed by atoms with Crippen LogP contribution in [0, 0.1) is 3.57 Å². The van der Waals surface area contributed by atoms with Gasteiger partial charge in [-0.15, -0.1) is 0 Å². The number of carbonyl (C=O) groups excluding carboxylic acids is 1. The lowest BCUT2D eigenvalue weighted by Crippen LogP contribution is -2.15. The number of hydrogen-bond donors (Lipinski definition) is 1. The normalized spacial score (nSPS) is 10.4. The number of hydrogen-bond acceptors (Lipinski definition) is 2. The third-order valence-corrected chi connectivity index (χ3v) is 4.87. The highest BCUT2D eigenvalue weighted by molar-refractivity contribution is 14.1. The summed E-state index contributed by atoms with van der Waals surface area (Å²) in [4.78, 5) is 12.6. The summed E-state index contributed by atoms with van der Waals surface area (Å²) >= 11 is 9.08. The first-order valence-electron chi connectivity index (χ1n) is 6.59. The van der Waals surface area contributed by atoms with Crippen molar-refractivity contribution in [2.75, 3.05) is 12.4 Å². The molecule has 0 bridgehead atoms. The van der Waals surface area contributed by atoms with Crippen LogP contribution in [0.25, 0.3) is 0 Å². The number of methoxy groups -OCH3 is 1. The summed E-state index contributed by atoms with van der Waals surface area (Å²) in [6.07, 6.45) is 0.853. The molecular formula is C16H14Br2INO2. The molecule has 0 fully saturated rings. The van der Waals surface area contributed by atoms with Crippen molar-refractivity contribution in [1.82, 2.24) is 0 Å². The second kappa shape index (κ2) is 7.79. The van der Waals surface area contributed by atoms with E-state index in [-0.39, 0.29) is 5.91 Å². The minimum atomic E-state index is -0.199. The predicted octanol–water partition coefficient (Wildman–Crippen LogP) is 5.64. The fourth-order valence-electron chi connectivity index (χ4n) is 2.10. The summed E-state index contributed by atoms with van der Waals surface area (Å²) in [6.45, 7) is 2.07. The standard InChI is InChI=1S/C16H14Br2INO2/c1-3-9-6-11(19)4-5-14(9)20-16(21)12-7-10(17)8-13(18)15(12)22-2/h4-8H,3H2,1-2H3,(H,20,21). The molecule has 0 aliphatic carbocycles. The average molecular weight is 539 g/mol. The Kier molecular flexibility index (Phi) is 6.28. The fourth-order valence-corrected chi connectivity index (χ4v) is 4.05. The molecule has 0 radical (unpaired) electrons. The van der Waals surface area contributed by atoms with Crippen LogP contribution in [0.4, 0.5) is 5.69 Å². The summed E-state index contributed by atoms with van der Waals surface area (Å²) in [5.41, 5.74) is 2.41. The number of ether oxygens (including phenoxy) is 1. The van der Waals surface area contributed by atoms with E-state index in [2.05, 4.69) is 72.8 Å². The van der Waals surface area contributed by atoms with Gasteiger partial charge in [-0.2, -0.15) is 0 Å². The molecule has 116 valence electrons. The Morgan fingerprint density at radius 3 is 2.64 bits per heavy atom. The molecule has 0 aliphatic heterocycles. The summed E-state index contributed by atoms with van der Waals surface area (Å²) in [5, 5.41) is 2.97. The van der Waals surface area contributed by atoms with Gasteiger partial charge in [-0.1, -0.05) is 22.9 Å². The number of halogens is 3. The molecule has 0 aliphatic rings. The van der Waals surface area contributed by atoms with Crippen molar-refractivity contribution in [3.63, 3.8) is 0 Å². The van der Waals surface area contributed by atoms with Crippen molar-refractivity contribution in [1.29, 1.82) is 0 Å². The van der Waals surface area contributed by atoms with Crippen molar-refractivity contribution in [3.8, 4) is 5.75 Å². The molecule has 22 heavy (non-hydrogen) atoms. The maximum atomic E-state index is 12.6. The molecule has 0 heterocycles. The second-order valence-corrected chi connectivity index (χ2v) is 7.59. The number of rotatable bonds is 4. The van der Waals surface area contributed by atoms with E-state index in [9.17, 15) is 4.79 Å². The van der Waals surface area contributed by atoms with Gasteiger partial charge in [0.05, 0.1) is 17.1 Å². The van der Waals surface area contributed by atoms with Gasteiger partial charge in [0.25, 0.3) is 5.91 Å². The number of anilines is 1. The molecule has 0 unspecified atom stereocenters. The zero-order valence-corrected chi connectivity index (χ0v) is 17.4. The van der Waals surface area contributed by atoms with Gasteiger partial charge in [0.2, 0.25) is 0 Å². The Bertz CT molecular complexity index is 720. The third kappa shape index (κ3) is 4.02. The minimum Gasteiger partial charge on any atom is -0.495 e. The maximum absolute atomic E-state index is 12.6. The Morgan fingerprint density at radius 1 is 1.27 bits per heavy atom. The summed E-state index contributed by atoms with van der Waals surface area (Å²) < 4.78 is 8.02. The van der Waals surface area contributed by atoms with Crippen LogP contribution in [0.2, 0.25) is 0 Å². The number of benzene rings is 2. The van der Waals surface area contributed by atoms with Gasteiger partial charge < -0.3 is 10.1 Å². The van der Waals surface area contributed by atoms with E-state index in [4.69, 9.17) is 4.74 Å². The highest BCUT2D eigenvalue weighted by Crippen LogP contribution is 2.33. The second-order valence-electron chi connectivity index (χ2n) is 4.58. The minimum absolute atomic E-state index is 0.199. The van der Waals surface area contributed by atoms with E-state index in [0.29, 0.717) is 11.3 Å². The molecule has 1 amide bonds. The van der Waals surface area contributed by atoms with Crippen LogP contribution in [0.3, 0.4) is 0 Å². The molecule has 0 saturated heterocycles. The van der Waals surface area contributed by atoms with Gasteiger partial charge in [-0.3, -0.25) is 4.79 Å². The van der Waals surface area contributed by atoms with E-state index >= 15 is 0 Å². The summed E-state index contributed by atoms with van der Waals surface area (Å²) in [5.74, 6) is 0.319. The monoisotopic (exact) mass is 537 g/mol. The Hall–Kier alpha value is -0.600. The largest absolute Gasteiger partial charge is 0.495 e. The first-order valence-corrected chi connectivity index (χ1v) is 9.25. The van der Waals surface area contributed by atoms with Crippen LogP contribution in [0.15, 0.2) is 39.3 Å². The van der Waals surface area contributed by atoms with Gasteiger partial charge >= 0.3 is 0 Å². The first-order chi connectivity index (χ1) is 10.5. The first kappa shape index (κ1) is 17.7. The Labute approximate surface area is 160 Å². The van der Waals surface area contributed by atoms with E-state index < -0.39 is 0 Å². The topological polar surface area (TPSA) is 38.3 Å². The number of amides is 1. The van der Waals surface area contributed by atoms with Gasteiger partial charge in [-0.05, 0) is 80.8 Å². The fraction of sp³-hybridized carbons (Fsp3) is 0.188. The van der Waals surface area contributed by atoms with Crippen LogP contribution in [-0.4, -0.2) is 13.0 Å².